The van der Waals surface area contributed by atoms with Gasteiger partial charge in [-0.1, -0.05) is 6.92 Å². The molecule has 0 spiro atoms. The molecule has 0 saturated carbocycles. The number of benzene rings is 1. The Labute approximate surface area is 80.9 Å². The Balaban J connectivity index is 3.06. The molecule has 0 aliphatic carbocycles. The molecular formula is C9H11IO. The fourth-order valence-electron chi connectivity index (χ4n) is 1.02. The normalized spacial score (nSPS) is 9.73. The number of hydrogen-bond acceptors (Lipinski definition) is 1. The summed E-state index contributed by atoms with van der Waals surface area (Å²) in [6.07, 6.45) is 1.03. The molecule has 1 aromatic carbocycles. The van der Waals surface area contributed by atoms with Crippen molar-refractivity contribution in [2.75, 3.05) is 7.11 Å². The largest absolute Gasteiger partial charge is 0.496 e. The van der Waals surface area contributed by atoms with Gasteiger partial charge in [0.1, 0.15) is 5.75 Å². The first kappa shape index (κ1) is 8.84. The lowest BCUT2D eigenvalue weighted by Crippen LogP contribution is -1.90. The monoisotopic (exact) mass is 262 g/mol. The van der Waals surface area contributed by atoms with Crippen LogP contribution in [0.15, 0.2) is 18.2 Å². The van der Waals surface area contributed by atoms with Gasteiger partial charge in [0, 0.05) is 3.57 Å². The van der Waals surface area contributed by atoms with Crippen molar-refractivity contribution in [3.05, 3.63) is 27.3 Å². The van der Waals surface area contributed by atoms with Gasteiger partial charge in [0.05, 0.1) is 7.11 Å². The first-order valence-electron chi connectivity index (χ1n) is 3.60. The molecule has 0 aromatic heterocycles. The number of rotatable bonds is 2. The van der Waals surface area contributed by atoms with Gasteiger partial charge in [0.25, 0.3) is 0 Å². The van der Waals surface area contributed by atoms with E-state index in [1.165, 1.54) is 9.13 Å². The van der Waals surface area contributed by atoms with Crippen LogP contribution >= 0.6 is 22.6 Å². The third kappa shape index (κ3) is 2.09. The number of ether oxygens (including phenoxy) is 1. The molecule has 1 rings (SSSR count). The molecule has 0 atom stereocenters. The van der Waals surface area contributed by atoms with Crippen LogP contribution in [0.3, 0.4) is 0 Å². The predicted octanol–water partition coefficient (Wildman–Crippen LogP) is 2.86. The highest BCUT2D eigenvalue weighted by atomic mass is 127. The van der Waals surface area contributed by atoms with E-state index < -0.39 is 0 Å². The first-order chi connectivity index (χ1) is 5.27. The van der Waals surface area contributed by atoms with E-state index in [9.17, 15) is 0 Å². The summed E-state index contributed by atoms with van der Waals surface area (Å²) in [5, 5.41) is 0. The van der Waals surface area contributed by atoms with Crippen LogP contribution in [0.4, 0.5) is 0 Å². The first-order valence-corrected chi connectivity index (χ1v) is 4.68. The Morgan fingerprint density at radius 1 is 1.45 bits per heavy atom. The van der Waals surface area contributed by atoms with Gasteiger partial charge in [0.15, 0.2) is 0 Å². The number of hydrogen-bond donors (Lipinski definition) is 0. The Hall–Kier alpha value is -0.250. The highest BCUT2D eigenvalue weighted by Gasteiger charge is 1.99. The standard InChI is InChI=1S/C9H11IO/c1-3-7-6-8(10)4-5-9(7)11-2/h4-6H,3H2,1-2H3. The molecule has 0 heterocycles. The molecule has 0 unspecified atom stereocenters. The Morgan fingerprint density at radius 2 is 2.18 bits per heavy atom. The minimum Gasteiger partial charge on any atom is -0.496 e. The molecule has 60 valence electrons. The molecule has 0 radical (unpaired) electrons. The Bertz CT molecular complexity index is 245. The summed E-state index contributed by atoms with van der Waals surface area (Å²) in [5.41, 5.74) is 1.28. The van der Waals surface area contributed by atoms with Crippen molar-refractivity contribution >= 4 is 22.6 Å². The zero-order valence-electron chi connectivity index (χ0n) is 6.73. The van der Waals surface area contributed by atoms with E-state index in [0.717, 1.165) is 12.2 Å². The highest BCUT2D eigenvalue weighted by molar-refractivity contribution is 14.1. The van der Waals surface area contributed by atoms with Crippen molar-refractivity contribution in [1.29, 1.82) is 0 Å². The van der Waals surface area contributed by atoms with E-state index in [-0.39, 0.29) is 0 Å². The molecule has 11 heavy (non-hydrogen) atoms. The smallest absolute Gasteiger partial charge is 0.122 e. The number of aryl methyl sites for hydroxylation is 1. The second-order valence-corrected chi connectivity index (χ2v) is 3.56. The third-order valence-electron chi connectivity index (χ3n) is 1.62. The van der Waals surface area contributed by atoms with E-state index in [2.05, 4.69) is 41.6 Å². The molecule has 0 amide bonds. The van der Waals surface area contributed by atoms with Gasteiger partial charge in [-0.15, -0.1) is 0 Å². The third-order valence-corrected chi connectivity index (χ3v) is 2.29. The molecule has 0 bridgehead atoms. The maximum atomic E-state index is 5.19. The lowest BCUT2D eigenvalue weighted by Gasteiger charge is -2.05. The van der Waals surface area contributed by atoms with Gasteiger partial charge in [-0.3, -0.25) is 0 Å². The van der Waals surface area contributed by atoms with Gasteiger partial charge in [-0.25, -0.2) is 0 Å². The average molecular weight is 262 g/mol. The summed E-state index contributed by atoms with van der Waals surface area (Å²) in [4.78, 5) is 0. The van der Waals surface area contributed by atoms with Crippen molar-refractivity contribution in [2.45, 2.75) is 13.3 Å². The van der Waals surface area contributed by atoms with Crippen molar-refractivity contribution in [3.63, 3.8) is 0 Å². The van der Waals surface area contributed by atoms with Gasteiger partial charge < -0.3 is 4.74 Å². The zero-order valence-corrected chi connectivity index (χ0v) is 8.88. The maximum Gasteiger partial charge on any atom is 0.122 e. The van der Waals surface area contributed by atoms with Crippen LogP contribution in [0, 0.1) is 3.57 Å². The molecular weight excluding hydrogens is 251 g/mol. The van der Waals surface area contributed by atoms with Crippen LogP contribution in [0.2, 0.25) is 0 Å². The van der Waals surface area contributed by atoms with Crippen molar-refractivity contribution < 1.29 is 4.74 Å². The minimum absolute atomic E-state index is 0.993. The SMILES string of the molecule is CCc1cc(I)ccc1OC. The zero-order chi connectivity index (χ0) is 8.27. The van der Waals surface area contributed by atoms with E-state index >= 15 is 0 Å². The predicted molar refractivity (Wildman–Crippen MR) is 55.1 cm³/mol. The van der Waals surface area contributed by atoms with Crippen LogP contribution < -0.4 is 4.74 Å². The molecule has 0 N–H and O–H groups in total. The van der Waals surface area contributed by atoms with Crippen LogP contribution in [0.5, 0.6) is 5.75 Å². The minimum atomic E-state index is 0.993. The molecule has 0 saturated heterocycles. The van der Waals surface area contributed by atoms with Crippen LogP contribution in [-0.4, -0.2) is 7.11 Å². The fraction of sp³-hybridized carbons (Fsp3) is 0.333. The highest BCUT2D eigenvalue weighted by Crippen LogP contribution is 2.20. The molecule has 0 aliphatic heterocycles. The van der Waals surface area contributed by atoms with Gasteiger partial charge >= 0.3 is 0 Å². The van der Waals surface area contributed by atoms with Crippen molar-refractivity contribution in [3.8, 4) is 5.75 Å². The molecule has 0 fully saturated rings. The van der Waals surface area contributed by atoms with Gasteiger partial charge in [-0.05, 0) is 52.8 Å². The summed E-state index contributed by atoms with van der Waals surface area (Å²) in [6.45, 7) is 2.13. The van der Waals surface area contributed by atoms with Crippen LogP contribution in [0.1, 0.15) is 12.5 Å². The fourth-order valence-corrected chi connectivity index (χ4v) is 1.58. The van der Waals surface area contributed by atoms with Crippen molar-refractivity contribution in [1.82, 2.24) is 0 Å². The Morgan fingerprint density at radius 3 is 2.73 bits per heavy atom. The van der Waals surface area contributed by atoms with Crippen LogP contribution in [-0.2, 0) is 6.42 Å². The van der Waals surface area contributed by atoms with E-state index in [0.29, 0.717) is 0 Å². The topological polar surface area (TPSA) is 9.23 Å². The quantitative estimate of drug-likeness (QED) is 0.744. The lowest BCUT2D eigenvalue weighted by atomic mass is 10.1. The summed E-state index contributed by atoms with van der Waals surface area (Å²) in [7, 11) is 1.71. The maximum absolute atomic E-state index is 5.19. The van der Waals surface area contributed by atoms with E-state index in [1.807, 2.05) is 6.07 Å². The Kier molecular flexibility index (Phi) is 3.17. The van der Waals surface area contributed by atoms with E-state index in [1.54, 1.807) is 7.11 Å². The lowest BCUT2D eigenvalue weighted by molar-refractivity contribution is 0.410. The number of methoxy groups -OCH3 is 1. The van der Waals surface area contributed by atoms with Gasteiger partial charge in [-0.2, -0.15) is 0 Å². The molecule has 0 aliphatic rings. The summed E-state index contributed by atoms with van der Waals surface area (Å²) >= 11 is 2.31. The second kappa shape index (κ2) is 3.95. The number of halogens is 1. The van der Waals surface area contributed by atoms with Crippen molar-refractivity contribution in [2.24, 2.45) is 0 Å². The summed E-state index contributed by atoms with van der Waals surface area (Å²) in [5.74, 6) is 0.993. The summed E-state index contributed by atoms with van der Waals surface area (Å²) in [6, 6.07) is 6.22. The average Bonchev–Trinajstić information content (AvgIpc) is 2.04. The van der Waals surface area contributed by atoms with E-state index in [4.69, 9.17) is 4.74 Å². The van der Waals surface area contributed by atoms with Crippen LogP contribution in [0.25, 0.3) is 0 Å². The summed E-state index contributed by atoms with van der Waals surface area (Å²) < 4.78 is 6.45. The second-order valence-electron chi connectivity index (χ2n) is 2.31. The molecule has 2 heteroatoms. The molecule has 1 nitrogen and oxygen atoms in total. The van der Waals surface area contributed by atoms with Gasteiger partial charge in [0.2, 0.25) is 0 Å². The molecule has 1 aromatic rings.